The second-order valence-corrected chi connectivity index (χ2v) is 19.0. The van der Waals surface area contributed by atoms with E-state index < -0.39 is 0 Å². The van der Waals surface area contributed by atoms with Gasteiger partial charge in [-0.25, -0.2) is 0 Å². The van der Waals surface area contributed by atoms with Crippen LogP contribution in [-0.2, 0) is 0 Å². The molecular weight excluding hydrogens is 841 g/mol. The number of benzene rings is 15. The fourth-order valence-corrected chi connectivity index (χ4v) is 12.2. The van der Waals surface area contributed by atoms with E-state index >= 15 is 0 Å². The highest BCUT2D eigenvalue weighted by atomic mass is 14.3. The van der Waals surface area contributed by atoms with Crippen LogP contribution in [0.15, 0.2) is 255 Å². The molecule has 0 atom stereocenters. The third-order valence-electron chi connectivity index (χ3n) is 15.4. The maximum absolute atomic E-state index is 2.52. The zero-order chi connectivity index (χ0) is 45.9. The third-order valence-corrected chi connectivity index (χ3v) is 15.4. The molecule has 0 nitrogen and oxygen atoms in total. The molecule has 0 radical (unpaired) electrons. The predicted octanol–water partition coefficient (Wildman–Crippen LogP) is 19.8. The first-order valence-corrected chi connectivity index (χ1v) is 24.4. The summed E-state index contributed by atoms with van der Waals surface area (Å²) in [7, 11) is 0. The molecule has 70 heavy (non-hydrogen) atoms. The lowest BCUT2D eigenvalue weighted by atomic mass is 9.80. The highest BCUT2D eigenvalue weighted by Crippen LogP contribution is 2.52. The van der Waals surface area contributed by atoms with Gasteiger partial charge in [0.05, 0.1) is 0 Å². The second-order valence-electron chi connectivity index (χ2n) is 19.0. The van der Waals surface area contributed by atoms with Crippen molar-refractivity contribution in [3.8, 4) is 55.6 Å². The molecule has 0 amide bonds. The van der Waals surface area contributed by atoms with Crippen molar-refractivity contribution in [1.29, 1.82) is 0 Å². The van der Waals surface area contributed by atoms with Gasteiger partial charge in [0, 0.05) is 0 Å². The number of rotatable bonds is 5. The summed E-state index contributed by atoms with van der Waals surface area (Å²) >= 11 is 0. The Hall–Kier alpha value is -9.10. The Morgan fingerprint density at radius 3 is 0.814 bits per heavy atom. The van der Waals surface area contributed by atoms with E-state index in [1.54, 1.807) is 0 Å². The van der Waals surface area contributed by atoms with Gasteiger partial charge in [0.1, 0.15) is 0 Å². The third kappa shape index (κ3) is 5.78. The molecule has 0 fully saturated rings. The van der Waals surface area contributed by atoms with Crippen LogP contribution in [0.4, 0.5) is 0 Å². The molecule has 0 aliphatic rings. The standard InChI is InChI=1S/C70H42/c1-2-16-43(17-3-1)44-30-32-45(33-31-44)62-41-66(63-38-46-18-4-7-21-49(46)52-24-10-13-27-55(52)63)59-36-37-61-68(65-40-48-20-6-9-23-51(48)54-26-12-15-29-57(54)65)42-67(60-35-34-58(62)69(59)70(60)61)64-39-47-19-5-8-22-50(47)53-25-11-14-28-56(53)64/h1-42H. The van der Waals surface area contributed by atoms with Crippen molar-refractivity contribution in [1.82, 2.24) is 0 Å². The fourth-order valence-electron chi connectivity index (χ4n) is 12.2. The lowest BCUT2D eigenvalue weighted by molar-refractivity contribution is 1.61. The number of hydrogen-bond donors (Lipinski definition) is 0. The number of fused-ring (bicyclic) bond motifs is 9. The van der Waals surface area contributed by atoms with Crippen LogP contribution in [0, 0.1) is 0 Å². The SMILES string of the molecule is c1ccc(-c2ccc(-c3cc(-c4cc5ccccc5c5ccccc45)c4ccc5c(-c6cc7ccccc7c7ccccc67)cc(-c6cc7ccccc7c7ccccc67)c6ccc3c4c65)cc2)cc1. The highest BCUT2D eigenvalue weighted by molar-refractivity contribution is 6.34. The van der Waals surface area contributed by atoms with E-state index in [1.807, 2.05) is 0 Å². The summed E-state index contributed by atoms with van der Waals surface area (Å²) < 4.78 is 0. The van der Waals surface area contributed by atoms with Gasteiger partial charge in [-0.15, -0.1) is 0 Å². The van der Waals surface area contributed by atoms with E-state index in [0.29, 0.717) is 0 Å². The molecule has 0 unspecified atom stereocenters. The molecule has 15 rings (SSSR count). The summed E-state index contributed by atoms with van der Waals surface area (Å²) in [6.45, 7) is 0. The Bertz CT molecular complexity index is 4480. The minimum Gasteiger partial charge on any atom is -0.0622 e. The Balaban J connectivity index is 1.13. The molecular formula is C70H42. The van der Waals surface area contributed by atoms with E-state index in [4.69, 9.17) is 0 Å². The topological polar surface area (TPSA) is 0 Å². The van der Waals surface area contributed by atoms with Crippen LogP contribution in [0.25, 0.3) is 153 Å². The first-order valence-electron chi connectivity index (χ1n) is 24.4. The summed E-state index contributed by atoms with van der Waals surface area (Å²) in [4.78, 5) is 0. The molecule has 15 aromatic carbocycles. The first-order chi connectivity index (χ1) is 34.7. The summed E-state index contributed by atoms with van der Waals surface area (Å²) in [5.41, 5.74) is 12.3. The van der Waals surface area contributed by atoms with Crippen molar-refractivity contribution in [2.45, 2.75) is 0 Å². The Morgan fingerprint density at radius 2 is 0.414 bits per heavy atom. The largest absolute Gasteiger partial charge is 0.0622 e. The lowest BCUT2D eigenvalue weighted by Crippen LogP contribution is -1.96. The molecule has 0 N–H and O–H groups in total. The van der Waals surface area contributed by atoms with Crippen molar-refractivity contribution in [3.05, 3.63) is 255 Å². The summed E-state index contributed by atoms with van der Waals surface area (Å²) in [6, 6.07) is 95.6. The van der Waals surface area contributed by atoms with Crippen LogP contribution in [0.5, 0.6) is 0 Å². The van der Waals surface area contributed by atoms with Gasteiger partial charge >= 0.3 is 0 Å². The van der Waals surface area contributed by atoms with E-state index in [2.05, 4.69) is 255 Å². The summed E-state index contributed by atoms with van der Waals surface area (Å²) in [5.74, 6) is 0. The predicted molar refractivity (Wildman–Crippen MR) is 302 cm³/mol. The van der Waals surface area contributed by atoms with Gasteiger partial charge in [-0.3, -0.25) is 0 Å². The zero-order valence-electron chi connectivity index (χ0n) is 38.2. The average molecular weight is 883 g/mol. The van der Waals surface area contributed by atoms with E-state index in [9.17, 15) is 0 Å². The molecule has 0 aromatic heterocycles. The quantitative estimate of drug-likeness (QED) is 0.151. The monoisotopic (exact) mass is 882 g/mol. The van der Waals surface area contributed by atoms with Crippen LogP contribution in [-0.4, -0.2) is 0 Å². The Morgan fingerprint density at radius 1 is 0.143 bits per heavy atom. The first kappa shape index (κ1) is 38.9. The maximum atomic E-state index is 2.52. The minimum atomic E-state index is 1.20. The van der Waals surface area contributed by atoms with Crippen molar-refractivity contribution < 1.29 is 0 Å². The van der Waals surface area contributed by atoms with Gasteiger partial charge in [-0.2, -0.15) is 0 Å². The van der Waals surface area contributed by atoms with Crippen LogP contribution < -0.4 is 0 Å². The second kappa shape index (κ2) is 15.2. The molecule has 15 aromatic rings. The van der Waals surface area contributed by atoms with Crippen LogP contribution in [0.1, 0.15) is 0 Å². The molecule has 0 aliphatic heterocycles. The van der Waals surface area contributed by atoms with Gasteiger partial charge in [-0.05, 0) is 183 Å². The van der Waals surface area contributed by atoms with E-state index in [-0.39, 0.29) is 0 Å². The lowest BCUT2D eigenvalue weighted by Gasteiger charge is -2.23. The van der Waals surface area contributed by atoms with Crippen molar-refractivity contribution in [3.63, 3.8) is 0 Å². The maximum Gasteiger partial charge on any atom is -0.00139 e. The summed E-state index contributed by atoms with van der Waals surface area (Å²) in [6.07, 6.45) is 0. The Labute approximate surface area is 405 Å². The minimum absolute atomic E-state index is 1.20. The molecule has 0 saturated heterocycles. The molecule has 322 valence electrons. The molecule has 0 saturated carbocycles. The van der Waals surface area contributed by atoms with Crippen LogP contribution in [0.2, 0.25) is 0 Å². The van der Waals surface area contributed by atoms with Gasteiger partial charge in [-0.1, -0.05) is 224 Å². The highest BCUT2D eigenvalue weighted by Gasteiger charge is 2.24. The van der Waals surface area contributed by atoms with E-state index in [0.717, 1.165) is 0 Å². The molecule has 0 bridgehead atoms. The summed E-state index contributed by atoms with van der Waals surface area (Å²) in [5, 5.41) is 22.7. The van der Waals surface area contributed by atoms with Gasteiger partial charge < -0.3 is 0 Å². The van der Waals surface area contributed by atoms with Gasteiger partial charge in [0.15, 0.2) is 0 Å². The van der Waals surface area contributed by atoms with Crippen molar-refractivity contribution in [2.75, 3.05) is 0 Å². The molecule has 0 spiro atoms. The van der Waals surface area contributed by atoms with Crippen molar-refractivity contribution >= 4 is 97.0 Å². The molecule has 0 heterocycles. The van der Waals surface area contributed by atoms with Crippen LogP contribution in [0.3, 0.4) is 0 Å². The smallest absolute Gasteiger partial charge is 0.00139 e. The van der Waals surface area contributed by atoms with Gasteiger partial charge in [0.25, 0.3) is 0 Å². The van der Waals surface area contributed by atoms with E-state index in [1.165, 1.54) is 153 Å². The van der Waals surface area contributed by atoms with Crippen molar-refractivity contribution in [2.24, 2.45) is 0 Å². The van der Waals surface area contributed by atoms with Gasteiger partial charge in [0.2, 0.25) is 0 Å². The zero-order valence-corrected chi connectivity index (χ0v) is 38.2. The molecule has 0 aliphatic carbocycles. The number of hydrogen-bond acceptors (Lipinski definition) is 0. The molecule has 0 heteroatoms. The normalized spacial score (nSPS) is 12.0. The average Bonchev–Trinajstić information content (AvgIpc) is 3.44. The Kier molecular flexibility index (Phi) is 8.46. The fraction of sp³-hybridized carbons (Fsp3) is 0. The van der Waals surface area contributed by atoms with Crippen LogP contribution >= 0.6 is 0 Å².